The molecular weight excluding hydrogens is 325 g/mol. The molecule has 0 spiro atoms. The summed E-state index contributed by atoms with van der Waals surface area (Å²) in [4.78, 5) is 13.3. The summed E-state index contributed by atoms with van der Waals surface area (Å²) in [6.45, 7) is 0.117. The third-order valence-electron chi connectivity index (χ3n) is 3.39. The van der Waals surface area contributed by atoms with Crippen LogP contribution in [-0.4, -0.2) is 31.5 Å². The molecular formula is C16H17F3N2O3. The summed E-state index contributed by atoms with van der Waals surface area (Å²) in [6.07, 6.45) is -1.46. The van der Waals surface area contributed by atoms with Gasteiger partial charge in [-0.05, 0) is 29.8 Å². The molecule has 1 aromatic heterocycles. The van der Waals surface area contributed by atoms with Crippen molar-refractivity contribution in [1.82, 2.24) is 10.2 Å². The van der Waals surface area contributed by atoms with Crippen LogP contribution in [0, 0.1) is 5.82 Å². The Morgan fingerprint density at radius 1 is 1.38 bits per heavy atom. The van der Waals surface area contributed by atoms with E-state index >= 15 is 0 Å². The lowest BCUT2D eigenvalue weighted by Crippen LogP contribution is -2.41. The van der Waals surface area contributed by atoms with Gasteiger partial charge in [0, 0.05) is 7.05 Å². The first-order valence-electron chi connectivity index (χ1n) is 7.08. The van der Waals surface area contributed by atoms with E-state index in [9.17, 15) is 18.0 Å². The number of hydrogen-bond donors (Lipinski definition) is 1. The molecule has 0 aliphatic heterocycles. The zero-order valence-corrected chi connectivity index (χ0v) is 13.1. The summed E-state index contributed by atoms with van der Waals surface area (Å²) < 4.78 is 50.2. The van der Waals surface area contributed by atoms with Crippen LogP contribution in [0.15, 0.2) is 41.0 Å². The molecule has 0 saturated carbocycles. The fourth-order valence-electron chi connectivity index (χ4n) is 2.12. The molecule has 24 heavy (non-hydrogen) atoms. The lowest BCUT2D eigenvalue weighted by molar-refractivity contribution is 0.0968. The van der Waals surface area contributed by atoms with Crippen molar-refractivity contribution in [3.63, 3.8) is 0 Å². The molecule has 0 fully saturated rings. The summed E-state index contributed by atoms with van der Waals surface area (Å²) in [7, 11) is 2.71. The molecule has 0 bridgehead atoms. The van der Waals surface area contributed by atoms with E-state index in [1.807, 2.05) is 0 Å². The number of benzene rings is 1. The highest BCUT2D eigenvalue weighted by atomic mass is 19.3. The Morgan fingerprint density at radius 2 is 2.12 bits per heavy atom. The van der Waals surface area contributed by atoms with Gasteiger partial charge in [-0.1, -0.05) is 6.07 Å². The fourth-order valence-corrected chi connectivity index (χ4v) is 2.12. The summed E-state index contributed by atoms with van der Waals surface area (Å²) in [5.74, 6) is -0.330. The van der Waals surface area contributed by atoms with Crippen LogP contribution < -0.4 is 10.1 Å². The third-order valence-corrected chi connectivity index (χ3v) is 3.39. The van der Waals surface area contributed by atoms with E-state index in [2.05, 4.69) is 5.32 Å². The number of methoxy groups -OCH3 is 1. The maximum absolute atomic E-state index is 13.7. The second-order valence-electron chi connectivity index (χ2n) is 5.09. The Morgan fingerprint density at radius 3 is 2.67 bits per heavy atom. The minimum absolute atomic E-state index is 0.0527. The molecule has 130 valence electrons. The SMILES string of the molecule is COc1ccc([C@@H](NC(=O)N(C)Cc2ccco2)C(F)F)cc1F. The second-order valence-corrected chi connectivity index (χ2v) is 5.09. The lowest BCUT2D eigenvalue weighted by atomic mass is 10.1. The van der Waals surface area contributed by atoms with Gasteiger partial charge in [-0.2, -0.15) is 0 Å². The maximum Gasteiger partial charge on any atom is 0.318 e. The standard InChI is InChI=1S/C16H17F3N2O3/c1-21(9-11-4-3-7-24-11)16(22)20-14(15(18)19)10-5-6-13(23-2)12(17)8-10/h3-8,14-15H,9H2,1-2H3,(H,20,22)/t14-/m1/s1. The average Bonchev–Trinajstić information content (AvgIpc) is 3.04. The minimum Gasteiger partial charge on any atom is -0.494 e. The number of amides is 2. The van der Waals surface area contributed by atoms with Crippen molar-refractivity contribution >= 4 is 6.03 Å². The van der Waals surface area contributed by atoms with Crippen molar-refractivity contribution in [3.05, 3.63) is 53.7 Å². The van der Waals surface area contributed by atoms with Crippen LogP contribution >= 0.6 is 0 Å². The van der Waals surface area contributed by atoms with Crippen LogP contribution in [0.1, 0.15) is 17.4 Å². The highest BCUT2D eigenvalue weighted by Gasteiger charge is 2.27. The zero-order chi connectivity index (χ0) is 17.7. The Kier molecular flexibility index (Phi) is 5.73. The van der Waals surface area contributed by atoms with E-state index in [0.29, 0.717) is 5.76 Å². The number of hydrogen-bond acceptors (Lipinski definition) is 3. The molecule has 2 rings (SSSR count). The summed E-state index contributed by atoms with van der Waals surface area (Å²) in [6, 6.07) is 4.38. The predicted molar refractivity (Wildman–Crippen MR) is 80.4 cm³/mol. The summed E-state index contributed by atoms with van der Waals surface area (Å²) in [5.41, 5.74) is -0.0527. The Hall–Kier alpha value is -2.64. The molecule has 2 aromatic rings. The topological polar surface area (TPSA) is 54.7 Å². The number of carbonyl (C=O) groups excluding carboxylic acids is 1. The van der Waals surface area contributed by atoms with Crippen LogP contribution in [0.5, 0.6) is 5.75 Å². The molecule has 1 aromatic carbocycles. The van der Waals surface area contributed by atoms with Crippen molar-refractivity contribution in [1.29, 1.82) is 0 Å². The molecule has 0 unspecified atom stereocenters. The van der Waals surface area contributed by atoms with Gasteiger partial charge in [-0.3, -0.25) is 0 Å². The molecule has 2 amide bonds. The van der Waals surface area contributed by atoms with Gasteiger partial charge in [0.1, 0.15) is 11.8 Å². The smallest absolute Gasteiger partial charge is 0.318 e. The monoisotopic (exact) mass is 342 g/mol. The number of furan rings is 1. The van der Waals surface area contributed by atoms with Gasteiger partial charge < -0.3 is 19.4 Å². The average molecular weight is 342 g/mol. The Labute approximate surface area is 137 Å². The first-order chi connectivity index (χ1) is 11.4. The quantitative estimate of drug-likeness (QED) is 0.873. The highest BCUT2D eigenvalue weighted by molar-refractivity contribution is 5.74. The number of rotatable bonds is 6. The van der Waals surface area contributed by atoms with Gasteiger partial charge in [0.2, 0.25) is 0 Å². The van der Waals surface area contributed by atoms with E-state index in [4.69, 9.17) is 9.15 Å². The van der Waals surface area contributed by atoms with Crippen molar-refractivity contribution in [2.75, 3.05) is 14.2 Å². The summed E-state index contributed by atoms with van der Waals surface area (Å²) >= 11 is 0. The van der Waals surface area contributed by atoms with Crippen molar-refractivity contribution in [2.24, 2.45) is 0 Å². The largest absolute Gasteiger partial charge is 0.494 e. The van der Waals surface area contributed by atoms with Crippen LogP contribution in [0.25, 0.3) is 0 Å². The van der Waals surface area contributed by atoms with Gasteiger partial charge in [0.25, 0.3) is 6.43 Å². The van der Waals surface area contributed by atoms with E-state index in [1.54, 1.807) is 12.1 Å². The van der Waals surface area contributed by atoms with Crippen molar-refractivity contribution < 1.29 is 27.1 Å². The number of nitrogens with zero attached hydrogens (tertiary/aromatic N) is 1. The van der Waals surface area contributed by atoms with Gasteiger partial charge in [0.15, 0.2) is 11.6 Å². The Balaban J connectivity index is 2.10. The normalized spacial score (nSPS) is 12.1. The summed E-state index contributed by atoms with van der Waals surface area (Å²) in [5, 5.41) is 2.20. The number of urea groups is 1. The first-order valence-corrected chi connectivity index (χ1v) is 7.08. The van der Waals surface area contributed by atoms with E-state index in [1.165, 1.54) is 37.5 Å². The molecule has 0 aliphatic carbocycles. The van der Waals surface area contributed by atoms with Crippen molar-refractivity contribution in [2.45, 2.75) is 19.0 Å². The minimum atomic E-state index is -2.90. The molecule has 1 heterocycles. The fraction of sp³-hybridized carbons (Fsp3) is 0.312. The lowest BCUT2D eigenvalue weighted by Gasteiger charge is -2.23. The highest BCUT2D eigenvalue weighted by Crippen LogP contribution is 2.26. The third kappa shape index (κ3) is 4.21. The van der Waals surface area contributed by atoms with Gasteiger partial charge >= 0.3 is 6.03 Å². The Bertz CT molecular complexity index is 677. The number of carbonyl (C=O) groups is 1. The molecule has 1 N–H and O–H groups in total. The van der Waals surface area contributed by atoms with Crippen molar-refractivity contribution in [3.8, 4) is 5.75 Å². The van der Waals surface area contributed by atoms with Gasteiger partial charge in [-0.15, -0.1) is 0 Å². The predicted octanol–water partition coefficient (Wildman–Crippen LogP) is 3.58. The van der Waals surface area contributed by atoms with Gasteiger partial charge in [-0.25, -0.2) is 18.0 Å². The number of alkyl halides is 2. The van der Waals surface area contributed by atoms with Gasteiger partial charge in [0.05, 0.1) is 19.9 Å². The van der Waals surface area contributed by atoms with E-state index < -0.39 is 24.3 Å². The second kappa shape index (κ2) is 7.76. The zero-order valence-electron chi connectivity index (χ0n) is 13.1. The van der Waals surface area contributed by atoms with E-state index in [-0.39, 0.29) is 17.9 Å². The van der Waals surface area contributed by atoms with Crippen LogP contribution in [-0.2, 0) is 6.54 Å². The maximum atomic E-state index is 13.7. The molecule has 0 saturated heterocycles. The molecule has 1 atom stereocenters. The molecule has 5 nitrogen and oxygen atoms in total. The van der Waals surface area contributed by atoms with Crippen LogP contribution in [0.2, 0.25) is 0 Å². The molecule has 0 aliphatic rings. The van der Waals surface area contributed by atoms with E-state index in [0.717, 1.165) is 6.07 Å². The number of ether oxygens (including phenoxy) is 1. The van der Waals surface area contributed by atoms with Crippen LogP contribution in [0.3, 0.4) is 0 Å². The number of halogens is 3. The number of nitrogens with one attached hydrogen (secondary N) is 1. The first kappa shape index (κ1) is 17.7. The molecule has 0 radical (unpaired) electrons. The molecule has 8 heteroatoms. The van der Waals surface area contributed by atoms with Crippen LogP contribution in [0.4, 0.5) is 18.0 Å².